The average molecular weight is 433 g/mol. The number of amides is 1. The van der Waals surface area contributed by atoms with Crippen LogP contribution in [-0.2, 0) is 20.7 Å². The first kappa shape index (κ1) is 19.4. The van der Waals surface area contributed by atoms with Crippen molar-refractivity contribution >= 4 is 41.1 Å². The van der Waals surface area contributed by atoms with Gasteiger partial charge in [0.25, 0.3) is 5.91 Å². The van der Waals surface area contributed by atoms with Gasteiger partial charge in [0, 0.05) is 12.4 Å². The second-order valence-corrected chi connectivity index (χ2v) is 8.29. The highest BCUT2D eigenvalue weighted by Gasteiger charge is 2.28. The minimum absolute atomic E-state index is 0.000312. The molecule has 156 valence electrons. The molecule has 1 amide bonds. The third-order valence-electron chi connectivity index (χ3n) is 5.13. The van der Waals surface area contributed by atoms with Gasteiger partial charge in [-0.15, -0.1) is 0 Å². The van der Waals surface area contributed by atoms with E-state index in [1.807, 2.05) is 53.4 Å². The third kappa shape index (κ3) is 3.82. The molecule has 0 spiro atoms. The maximum Gasteiger partial charge on any atom is 0.311 e. The summed E-state index contributed by atoms with van der Waals surface area (Å²) in [7, 11) is 1.37. The Morgan fingerprint density at radius 3 is 2.94 bits per heavy atom. The first-order valence-electron chi connectivity index (χ1n) is 9.75. The number of benzene rings is 2. The standard InChI is InChI=1S/C23H19N3O4S/c1-29-21(28)10-16-11-26-12-17(15-7-8-19-18(9-15)25-20(27)13-30-19)22(31-23(26)24-16)14-5-3-2-4-6-14/h2-9,11-12,22H,10,13H2,1H3,(H,25,27). The van der Waals surface area contributed by atoms with Gasteiger partial charge in [-0.3, -0.25) is 9.59 Å². The lowest BCUT2D eigenvalue weighted by molar-refractivity contribution is -0.139. The fraction of sp³-hybridized carbons (Fsp3) is 0.174. The molecule has 5 rings (SSSR count). The fourth-order valence-electron chi connectivity index (χ4n) is 3.66. The summed E-state index contributed by atoms with van der Waals surface area (Å²) in [6.45, 7) is 0.0267. The van der Waals surface area contributed by atoms with Crippen molar-refractivity contribution in [3.8, 4) is 5.75 Å². The van der Waals surface area contributed by atoms with Gasteiger partial charge in [0.05, 0.1) is 30.2 Å². The molecular formula is C23H19N3O4S. The zero-order valence-corrected chi connectivity index (χ0v) is 17.5. The summed E-state index contributed by atoms with van der Waals surface area (Å²) >= 11 is 1.62. The van der Waals surface area contributed by atoms with E-state index in [0.29, 0.717) is 17.1 Å². The van der Waals surface area contributed by atoms with Gasteiger partial charge in [-0.25, -0.2) is 4.98 Å². The molecule has 0 aliphatic carbocycles. The number of aromatic nitrogens is 2. The predicted octanol–water partition coefficient (Wildman–Crippen LogP) is 3.77. The number of hydrogen-bond acceptors (Lipinski definition) is 6. The molecule has 31 heavy (non-hydrogen) atoms. The van der Waals surface area contributed by atoms with Crippen LogP contribution in [0.1, 0.15) is 22.1 Å². The van der Waals surface area contributed by atoms with Crippen molar-refractivity contribution in [2.24, 2.45) is 0 Å². The zero-order valence-electron chi connectivity index (χ0n) is 16.7. The van der Waals surface area contributed by atoms with E-state index in [1.54, 1.807) is 11.8 Å². The van der Waals surface area contributed by atoms with Crippen molar-refractivity contribution < 1.29 is 19.1 Å². The largest absolute Gasteiger partial charge is 0.482 e. The van der Waals surface area contributed by atoms with Crippen LogP contribution in [0.25, 0.3) is 11.8 Å². The topological polar surface area (TPSA) is 82.5 Å². The number of nitrogens with one attached hydrogen (secondary N) is 1. The van der Waals surface area contributed by atoms with E-state index in [1.165, 1.54) is 7.11 Å². The number of rotatable bonds is 4. The number of esters is 1. The van der Waals surface area contributed by atoms with Gasteiger partial charge in [-0.2, -0.15) is 0 Å². The van der Waals surface area contributed by atoms with Crippen molar-refractivity contribution in [2.45, 2.75) is 16.8 Å². The molecule has 0 bridgehead atoms. The van der Waals surface area contributed by atoms with Gasteiger partial charge in [0.2, 0.25) is 0 Å². The van der Waals surface area contributed by atoms with Crippen LogP contribution in [0.15, 0.2) is 59.9 Å². The van der Waals surface area contributed by atoms with Crippen LogP contribution in [0.4, 0.5) is 5.69 Å². The number of thioether (sulfide) groups is 1. The molecule has 0 fully saturated rings. The highest BCUT2D eigenvalue weighted by atomic mass is 32.2. The number of hydrogen-bond donors (Lipinski definition) is 1. The van der Waals surface area contributed by atoms with Crippen molar-refractivity contribution in [2.75, 3.05) is 19.0 Å². The van der Waals surface area contributed by atoms with Crippen molar-refractivity contribution in [3.63, 3.8) is 0 Å². The molecule has 0 saturated carbocycles. The van der Waals surface area contributed by atoms with Crippen LogP contribution >= 0.6 is 11.8 Å². The second-order valence-electron chi connectivity index (χ2n) is 7.22. The second kappa shape index (κ2) is 7.96. The van der Waals surface area contributed by atoms with Crippen LogP contribution in [0, 0.1) is 0 Å². The van der Waals surface area contributed by atoms with E-state index >= 15 is 0 Å². The molecule has 3 heterocycles. The number of fused-ring (bicyclic) bond motifs is 2. The molecule has 0 radical (unpaired) electrons. The smallest absolute Gasteiger partial charge is 0.311 e. The summed E-state index contributed by atoms with van der Waals surface area (Å²) in [5.74, 6) is 0.169. The monoisotopic (exact) mass is 433 g/mol. The van der Waals surface area contributed by atoms with E-state index < -0.39 is 0 Å². The summed E-state index contributed by atoms with van der Waals surface area (Å²) in [6, 6.07) is 16.0. The Kier molecular flexibility index (Phi) is 4.99. The lowest BCUT2D eigenvalue weighted by atomic mass is 9.97. The van der Waals surface area contributed by atoms with E-state index in [2.05, 4.69) is 22.4 Å². The van der Waals surface area contributed by atoms with Crippen LogP contribution in [-0.4, -0.2) is 35.1 Å². The average Bonchev–Trinajstić information content (AvgIpc) is 3.19. The Balaban J connectivity index is 1.58. The first-order valence-corrected chi connectivity index (χ1v) is 10.6. The maximum atomic E-state index is 11.8. The van der Waals surface area contributed by atoms with Crippen molar-refractivity contribution in [3.05, 3.63) is 71.5 Å². The summed E-state index contributed by atoms with van der Waals surface area (Å²) in [4.78, 5) is 28.1. The minimum atomic E-state index is -0.324. The number of anilines is 1. The summed E-state index contributed by atoms with van der Waals surface area (Å²) in [5, 5.41) is 3.69. The molecule has 0 saturated heterocycles. The van der Waals surface area contributed by atoms with E-state index in [0.717, 1.165) is 21.9 Å². The van der Waals surface area contributed by atoms with Crippen molar-refractivity contribution in [1.29, 1.82) is 0 Å². The number of imidazole rings is 1. The van der Waals surface area contributed by atoms with Crippen molar-refractivity contribution in [1.82, 2.24) is 9.55 Å². The van der Waals surface area contributed by atoms with E-state index in [4.69, 9.17) is 9.47 Å². The Hall–Kier alpha value is -3.52. The Morgan fingerprint density at radius 2 is 2.13 bits per heavy atom. The van der Waals surface area contributed by atoms with Crippen LogP contribution in [0.5, 0.6) is 5.75 Å². The number of carbonyl (C=O) groups excluding carboxylic acids is 2. The highest BCUT2D eigenvalue weighted by Crippen LogP contribution is 2.49. The third-order valence-corrected chi connectivity index (χ3v) is 6.41. The number of nitrogens with zero attached hydrogens (tertiary/aromatic N) is 2. The molecule has 1 N–H and O–H groups in total. The summed E-state index contributed by atoms with van der Waals surface area (Å²) in [5.41, 5.74) is 4.49. The normalized spacial score (nSPS) is 17.0. The Morgan fingerprint density at radius 1 is 1.29 bits per heavy atom. The summed E-state index contributed by atoms with van der Waals surface area (Å²) in [6.07, 6.45) is 4.01. The van der Waals surface area contributed by atoms with E-state index in [9.17, 15) is 9.59 Å². The molecule has 2 aliphatic rings. The highest BCUT2D eigenvalue weighted by molar-refractivity contribution is 7.99. The number of carbonyl (C=O) groups is 2. The molecule has 1 atom stereocenters. The van der Waals surface area contributed by atoms with Gasteiger partial charge in [-0.1, -0.05) is 48.2 Å². The molecule has 1 unspecified atom stereocenters. The molecular weight excluding hydrogens is 414 g/mol. The molecule has 2 aliphatic heterocycles. The quantitative estimate of drug-likeness (QED) is 0.631. The van der Waals surface area contributed by atoms with Gasteiger partial charge < -0.3 is 19.4 Å². The first-order chi connectivity index (χ1) is 15.1. The fourth-order valence-corrected chi connectivity index (χ4v) is 4.89. The van der Waals surface area contributed by atoms with Gasteiger partial charge in [0.1, 0.15) is 5.75 Å². The summed E-state index contributed by atoms with van der Waals surface area (Å²) < 4.78 is 12.2. The lowest BCUT2D eigenvalue weighted by Gasteiger charge is -2.26. The SMILES string of the molecule is COC(=O)Cc1cn2c(n1)SC(c1ccccc1)C(c1ccc3c(c1)NC(=O)CO3)=C2. The zero-order chi connectivity index (χ0) is 21.4. The maximum absolute atomic E-state index is 11.8. The predicted molar refractivity (Wildman–Crippen MR) is 118 cm³/mol. The van der Waals surface area contributed by atoms with Gasteiger partial charge in [-0.05, 0) is 28.8 Å². The molecule has 2 aromatic carbocycles. The lowest BCUT2D eigenvalue weighted by Crippen LogP contribution is -2.25. The molecule has 3 aromatic rings. The Labute approximate surface area is 183 Å². The van der Waals surface area contributed by atoms with Gasteiger partial charge in [0.15, 0.2) is 11.8 Å². The van der Waals surface area contributed by atoms with E-state index in [-0.39, 0.29) is 30.2 Å². The number of methoxy groups -OCH3 is 1. The molecule has 8 heteroatoms. The van der Waals surface area contributed by atoms with Crippen LogP contribution in [0.3, 0.4) is 0 Å². The number of ether oxygens (including phenoxy) is 2. The van der Waals surface area contributed by atoms with Crippen LogP contribution < -0.4 is 10.1 Å². The minimum Gasteiger partial charge on any atom is -0.482 e. The van der Waals surface area contributed by atoms with Crippen LogP contribution in [0.2, 0.25) is 0 Å². The molecule has 1 aromatic heterocycles. The van der Waals surface area contributed by atoms with Gasteiger partial charge >= 0.3 is 5.97 Å². The Bertz CT molecular complexity index is 1200. The molecule has 7 nitrogen and oxygen atoms in total.